The van der Waals surface area contributed by atoms with E-state index in [-0.39, 0.29) is 0 Å². The van der Waals surface area contributed by atoms with E-state index < -0.39 is 0 Å². The summed E-state index contributed by atoms with van der Waals surface area (Å²) in [5, 5.41) is 0. The summed E-state index contributed by atoms with van der Waals surface area (Å²) in [5.41, 5.74) is 7.31. The van der Waals surface area contributed by atoms with Gasteiger partial charge >= 0.3 is 0 Å². The maximum absolute atomic E-state index is 5.71. The highest BCUT2D eigenvalue weighted by Gasteiger charge is 2.32. The molecule has 1 nitrogen and oxygen atoms in total. The lowest BCUT2D eigenvalue weighted by molar-refractivity contribution is 0.382. The van der Waals surface area contributed by atoms with Gasteiger partial charge in [0.2, 0.25) is 0 Å². The van der Waals surface area contributed by atoms with Crippen molar-refractivity contribution in [2.45, 2.75) is 32.6 Å². The van der Waals surface area contributed by atoms with Crippen LogP contribution in [-0.2, 0) is 0 Å². The third-order valence-electron chi connectivity index (χ3n) is 2.86. The lowest BCUT2D eigenvalue weighted by Gasteiger charge is -2.27. The van der Waals surface area contributed by atoms with Crippen molar-refractivity contribution in [1.29, 1.82) is 0 Å². The minimum Gasteiger partial charge on any atom is -0.330 e. The second-order valence-corrected chi connectivity index (χ2v) is 3.47. The van der Waals surface area contributed by atoms with E-state index in [1.165, 1.54) is 31.3 Å². The number of nitrogens with two attached hydrogens (primary N) is 1. The van der Waals surface area contributed by atoms with Crippen LogP contribution in [0.3, 0.4) is 0 Å². The fraction of sp³-hybridized carbons (Fsp3) is 0.778. The van der Waals surface area contributed by atoms with Crippen LogP contribution < -0.4 is 5.73 Å². The third-order valence-corrected chi connectivity index (χ3v) is 2.86. The smallest absolute Gasteiger partial charge is 0.00290 e. The average Bonchev–Trinajstić information content (AvgIpc) is 2.35. The molecule has 1 fully saturated rings. The van der Waals surface area contributed by atoms with Gasteiger partial charge in [-0.15, -0.1) is 0 Å². The second-order valence-electron chi connectivity index (χ2n) is 3.47. The third kappa shape index (κ3) is 1.10. The van der Waals surface area contributed by atoms with Gasteiger partial charge in [0.05, 0.1) is 0 Å². The van der Waals surface area contributed by atoms with Crippen LogP contribution in [0.15, 0.2) is 12.2 Å². The molecule has 2 N–H and O–H groups in total. The van der Waals surface area contributed by atoms with E-state index in [9.17, 15) is 0 Å². The van der Waals surface area contributed by atoms with Crippen LogP contribution >= 0.6 is 0 Å². The fourth-order valence-corrected chi connectivity index (χ4v) is 1.86. The summed E-state index contributed by atoms with van der Waals surface area (Å²) in [6, 6.07) is 0. The van der Waals surface area contributed by atoms with Gasteiger partial charge in [-0.1, -0.05) is 25.0 Å². The van der Waals surface area contributed by atoms with E-state index in [4.69, 9.17) is 5.73 Å². The first-order valence-electron chi connectivity index (χ1n) is 4.07. The molecule has 1 heteroatoms. The molecule has 0 spiro atoms. The van der Waals surface area contributed by atoms with Crippen molar-refractivity contribution < 1.29 is 0 Å². The van der Waals surface area contributed by atoms with Crippen molar-refractivity contribution in [2.75, 3.05) is 6.54 Å². The Balaban J connectivity index is 2.67. The molecular weight excluding hydrogens is 122 g/mol. The average molecular weight is 139 g/mol. The van der Waals surface area contributed by atoms with Gasteiger partial charge in [-0.2, -0.15) is 0 Å². The molecule has 0 aromatic carbocycles. The number of rotatable bonds is 2. The molecular formula is C9H17N. The highest BCUT2D eigenvalue weighted by atomic mass is 14.6. The Bertz CT molecular complexity index is 132. The molecule has 0 unspecified atom stereocenters. The number of hydrogen-bond donors (Lipinski definition) is 1. The van der Waals surface area contributed by atoms with E-state index in [0.717, 1.165) is 6.54 Å². The molecule has 0 atom stereocenters. The Kier molecular flexibility index (Phi) is 2.14. The van der Waals surface area contributed by atoms with Crippen molar-refractivity contribution in [3.63, 3.8) is 0 Å². The van der Waals surface area contributed by atoms with Gasteiger partial charge in [0.15, 0.2) is 0 Å². The van der Waals surface area contributed by atoms with Gasteiger partial charge in [-0.25, -0.2) is 0 Å². The molecule has 0 aromatic heterocycles. The van der Waals surface area contributed by atoms with Crippen LogP contribution in [0.5, 0.6) is 0 Å². The minimum atomic E-state index is 0.319. The summed E-state index contributed by atoms with van der Waals surface area (Å²) < 4.78 is 0. The van der Waals surface area contributed by atoms with E-state index in [1.54, 1.807) is 0 Å². The van der Waals surface area contributed by atoms with Gasteiger partial charge in [-0.05, 0) is 19.8 Å². The normalized spacial score (nSPS) is 23.0. The molecule has 10 heavy (non-hydrogen) atoms. The number of hydrogen-bond acceptors (Lipinski definition) is 1. The SMILES string of the molecule is C=C(C)C1(CN)CCCC1. The molecule has 0 radical (unpaired) electrons. The molecule has 1 rings (SSSR count). The van der Waals surface area contributed by atoms with Crippen molar-refractivity contribution in [2.24, 2.45) is 11.1 Å². The first-order chi connectivity index (χ1) is 4.71. The lowest BCUT2D eigenvalue weighted by Crippen LogP contribution is -2.27. The first kappa shape index (κ1) is 7.80. The molecule has 0 aromatic rings. The van der Waals surface area contributed by atoms with Crippen molar-refractivity contribution in [1.82, 2.24) is 0 Å². The second kappa shape index (κ2) is 2.75. The zero-order valence-corrected chi connectivity index (χ0v) is 6.82. The van der Waals surface area contributed by atoms with Crippen LogP contribution in [0.25, 0.3) is 0 Å². The van der Waals surface area contributed by atoms with Crippen LogP contribution in [0.4, 0.5) is 0 Å². The van der Waals surface area contributed by atoms with Crippen molar-refractivity contribution >= 4 is 0 Å². The quantitative estimate of drug-likeness (QED) is 0.582. The Labute approximate surface area is 63.3 Å². The Hall–Kier alpha value is -0.300. The summed E-state index contributed by atoms with van der Waals surface area (Å²) in [4.78, 5) is 0. The van der Waals surface area contributed by atoms with Crippen LogP contribution in [0, 0.1) is 5.41 Å². The summed E-state index contributed by atoms with van der Waals surface area (Å²) in [6.07, 6.45) is 5.20. The Morgan fingerprint density at radius 1 is 1.50 bits per heavy atom. The lowest BCUT2D eigenvalue weighted by atomic mass is 9.80. The molecule has 1 saturated carbocycles. The van der Waals surface area contributed by atoms with E-state index in [2.05, 4.69) is 13.5 Å². The van der Waals surface area contributed by atoms with Gasteiger partial charge in [0.1, 0.15) is 0 Å². The molecule has 0 heterocycles. The topological polar surface area (TPSA) is 26.0 Å². The predicted molar refractivity (Wildman–Crippen MR) is 44.8 cm³/mol. The Morgan fingerprint density at radius 2 is 2.00 bits per heavy atom. The van der Waals surface area contributed by atoms with Gasteiger partial charge in [-0.3, -0.25) is 0 Å². The minimum absolute atomic E-state index is 0.319. The monoisotopic (exact) mass is 139 g/mol. The molecule has 58 valence electrons. The van der Waals surface area contributed by atoms with Crippen LogP contribution in [0.1, 0.15) is 32.6 Å². The van der Waals surface area contributed by atoms with Gasteiger partial charge < -0.3 is 5.73 Å². The van der Waals surface area contributed by atoms with E-state index in [0.29, 0.717) is 5.41 Å². The zero-order chi connectivity index (χ0) is 7.61. The first-order valence-corrected chi connectivity index (χ1v) is 4.07. The highest BCUT2D eigenvalue weighted by Crippen LogP contribution is 2.42. The standard InChI is InChI=1S/C9H17N/c1-8(2)9(7-10)5-3-4-6-9/h1,3-7,10H2,2H3. The molecule has 1 aliphatic rings. The Morgan fingerprint density at radius 3 is 2.20 bits per heavy atom. The highest BCUT2D eigenvalue weighted by molar-refractivity contribution is 5.10. The van der Waals surface area contributed by atoms with Crippen molar-refractivity contribution in [3.05, 3.63) is 12.2 Å². The fourth-order valence-electron chi connectivity index (χ4n) is 1.86. The maximum atomic E-state index is 5.71. The summed E-state index contributed by atoms with van der Waals surface area (Å²) >= 11 is 0. The largest absolute Gasteiger partial charge is 0.330 e. The molecule has 1 aliphatic carbocycles. The summed E-state index contributed by atoms with van der Waals surface area (Å²) in [7, 11) is 0. The van der Waals surface area contributed by atoms with Gasteiger partial charge in [0, 0.05) is 12.0 Å². The molecule has 0 bridgehead atoms. The molecule has 0 saturated heterocycles. The summed E-state index contributed by atoms with van der Waals surface area (Å²) in [6.45, 7) is 6.90. The summed E-state index contributed by atoms with van der Waals surface area (Å²) in [5.74, 6) is 0. The van der Waals surface area contributed by atoms with Gasteiger partial charge in [0.25, 0.3) is 0 Å². The maximum Gasteiger partial charge on any atom is 0.00290 e. The molecule has 0 amide bonds. The van der Waals surface area contributed by atoms with E-state index in [1.807, 2.05) is 0 Å². The van der Waals surface area contributed by atoms with Crippen molar-refractivity contribution in [3.8, 4) is 0 Å². The zero-order valence-electron chi connectivity index (χ0n) is 6.82. The van der Waals surface area contributed by atoms with Crippen LogP contribution in [0.2, 0.25) is 0 Å². The molecule has 0 aliphatic heterocycles. The van der Waals surface area contributed by atoms with E-state index >= 15 is 0 Å². The van der Waals surface area contributed by atoms with Crippen LogP contribution in [-0.4, -0.2) is 6.54 Å². The predicted octanol–water partition coefficient (Wildman–Crippen LogP) is 2.08.